The molecule has 0 saturated carbocycles. The molecule has 0 atom stereocenters. The largest absolute Gasteiger partial charge is 0.478 e. The van der Waals surface area contributed by atoms with Crippen molar-refractivity contribution < 1.29 is 23.1 Å². The average molecular weight is 324 g/mol. The van der Waals surface area contributed by atoms with Gasteiger partial charge in [0.05, 0.1) is 11.1 Å². The number of rotatable bonds is 4. The molecule has 0 aromatic heterocycles. The number of hydrogen-bond donors (Lipinski definition) is 2. The van der Waals surface area contributed by atoms with Crippen molar-refractivity contribution in [2.45, 2.75) is 6.18 Å². The molecule has 0 fully saturated rings. The third kappa shape index (κ3) is 3.76. The van der Waals surface area contributed by atoms with Crippen molar-refractivity contribution in [2.75, 3.05) is 11.9 Å². The minimum absolute atomic E-state index is 0.174. The van der Waals surface area contributed by atoms with E-state index in [1.807, 2.05) is 0 Å². The zero-order valence-electron chi connectivity index (χ0n) is 9.01. The maximum absolute atomic E-state index is 12.7. The quantitative estimate of drug-likeness (QED) is 0.887. The number of carbonyl (C=O) groups is 1. The number of nitrogens with one attached hydrogen (secondary N) is 1. The Morgan fingerprint density at radius 2 is 2.06 bits per heavy atom. The van der Waals surface area contributed by atoms with Gasteiger partial charge in [0.2, 0.25) is 0 Å². The highest BCUT2D eigenvalue weighted by molar-refractivity contribution is 9.11. The first-order chi connectivity index (χ1) is 8.21. The number of benzene rings is 1. The molecule has 0 bridgehead atoms. The number of alkyl halides is 3. The molecule has 0 heterocycles. The zero-order chi connectivity index (χ0) is 13.9. The Bertz CT molecular complexity index is 486. The number of hydrogen-bond acceptors (Lipinski definition) is 2. The lowest BCUT2D eigenvalue weighted by molar-refractivity contribution is -0.138. The van der Waals surface area contributed by atoms with Crippen molar-refractivity contribution in [3.63, 3.8) is 0 Å². The molecule has 0 aliphatic carbocycles. The lowest BCUT2D eigenvalue weighted by Crippen LogP contribution is -2.14. The van der Waals surface area contributed by atoms with Crippen LogP contribution in [0.2, 0.25) is 0 Å². The first kappa shape index (κ1) is 14.6. The highest BCUT2D eigenvalue weighted by Gasteiger charge is 2.35. The Morgan fingerprint density at radius 1 is 1.44 bits per heavy atom. The van der Waals surface area contributed by atoms with Crippen molar-refractivity contribution >= 4 is 27.6 Å². The monoisotopic (exact) mass is 323 g/mol. The van der Waals surface area contributed by atoms with E-state index in [0.717, 1.165) is 12.1 Å². The summed E-state index contributed by atoms with van der Waals surface area (Å²) in [4.78, 5) is 10.7. The van der Waals surface area contributed by atoms with Crippen molar-refractivity contribution in [3.05, 3.63) is 40.4 Å². The van der Waals surface area contributed by atoms with Gasteiger partial charge in [-0.3, -0.25) is 0 Å². The number of halogens is 4. The van der Waals surface area contributed by atoms with E-state index in [1.165, 1.54) is 6.07 Å². The van der Waals surface area contributed by atoms with Crippen molar-refractivity contribution in [1.29, 1.82) is 0 Å². The molecule has 0 amide bonds. The normalized spacial score (nSPS) is 11.1. The Labute approximate surface area is 109 Å². The lowest BCUT2D eigenvalue weighted by atomic mass is 10.1. The number of anilines is 1. The minimum Gasteiger partial charge on any atom is -0.478 e. The molecule has 1 rings (SSSR count). The Kier molecular flexibility index (Phi) is 4.39. The highest BCUT2D eigenvalue weighted by atomic mass is 79.9. The average Bonchev–Trinajstić information content (AvgIpc) is 2.24. The molecule has 0 saturated heterocycles. The van der Waals surface area contributed by atoms with E-state index >= 15 is 0 Å². The van der Waals surface area contributed by atoms with Gasteiger partial charge in [-0.25, -0.2) is 4.79 Å². The third-order valence-electron chi connectivity index (χ3n) is 2.04. The minimum atomic E-state index is -4.71. The molecular formula is C11H9BrF3NO2. The Balaban J connectivity index is 3.14. The van der Waals surface area contributed by atoms with Crippen LogP contribution in [-0.2, 0) is 6.18 Å². The second-order valence-corrected chi connectivity index (χ2v) is 4.56. The van der Waals surface area contributed by atoms with Crippen molar-refractivity contribution in [2.24, 2.45) is 0 Å². The van der Waals surface area contributed by atoms with Gasteiger partial charge in [0, 0.05) is 16.7 Å². The summed E-state index contributed by atoms with van der Waals surface area (Å²) in [6, 6.07) is 2.96. The van der Waals surface area contributed by atoms with Crippen LogP contribution in [0.1, 0.15) is 15.9 Å². The van der Waals surface area contributed by atoms with Crippen molar-refractivity contribution in [1.82, 2.24) is 0 Å². The SMILES string of the molecule is C=C(Br)CNc1ccc(C(=O)O)c(C(F)(F)F)c1. The molecule has 0 aliphatic heterocycles. The molecule has 0 unspecified atom stereocenters. The third-order valence-corrected chi connectivity index (χ3v) is 2.32. The number of aromatic carboxylic acids is 1. The molecule has 3 nitrogen and oxygen atoms in total. The smallest absolute Gasteiger partial charge is 0.417 e. The summed E-state index contributed by atoms with van der Waals surface area (Å²) in [5, 5.41) is 11.4. The first-order valence-electron chi connectivity index (χ1n) is 4.73. The molecule has 2 N–H and O–H groups in total. The molecule has 18 heavy (non-hydrogen) atoms. The van der Waals surface area contributed by atoms with E-state index in [1.54, 1.807) is 0 Å². The van der Waals surface area contributed by atoms with Crippen LogP contribution in [0.15, 0.2) is 29.3 Å². The molecule has 0 radical (unpaired) electrons. The standard InChI is InChI=1S/C11H9BrF3NO2/c1-6(12)5-16-7-2-3-8(10(17)18)9(4-7)11(13,14)15/h2-4,16H,1,5H2,(H,17,18). The van der Waals surface area contributed by atoms with Gasteiger partial charge in [0.1, 0.15) is 0 Å². The first-order valence-corrected chi connectivity index (χ1v) is 5.53. The van der Waals surface area contributed by atoms with Gasteiger partial charge in [0.25, 0.3) is 0 Å². The lowest BCUT2D eigenvalue weighted by Gasteiger charge is -2.13. The second kappa shape index (κ2) is 5.43. The highest BCUT2D eigenvalue weighted by Crippen LogP contribution is 2.33. The van der Waals surface area contributed by atoms with Crippen LogP contribution in [-0.4, -0.2) is 17.6 Å². The molecule has 0 aliphatic rings. The van der Waals surface area contributed by atoms with E-state index in [0.29, 0.717) is 4.48 Å². The molecule has 98 valence electrons. The maximum atomic E-state index is 12.7. The van der Waals surface area contributed by atoms with Crippen LogP contribution in [0, 0.1) is 0 Å². The molecule has 7 heteroatoms. The summed E-state index contributed by atoms with van der Waals surface area (Å²) in [6.07, 6.45) is -4.71. The Morgan fingerprint density at radius 3 is 2.50 bits per heavy atom. The fourth-order valence-electron chi connectivity index (χ4n) is 1.27. The van der Waals surface area contributed by atoms with E-state index in [-0.39, 0.29) is 12.2 Å². The van der Waals surface area contributed by atoms with Gasteiger partial charge in [-0.2, -0.15) is 13.2 Å². The summed E-state index contributed by atoms with van der Waals surface area (Å²) in [5.41, 5.74) is -1.78. The predicted molar refractivity (Wildman–Crippen MR) is 65.0 cm³/mol. The topological polar surface area (TPSA) is 49.3 Å². The van der Waals surface area contributed by atoms with Crippen molar-refractivity contribution in [3.8, 4) is 0 Å². The summed E-state index contributed by atoms with van der Waals surface area (Å²) >= 11 is 3.05. The van der Waals surface area contributed by atoms with E-state index in [2.05, 4.69) is 27.8 Å². The Hall–Kier alpha value is -1.50. The van der Waals surface area contributed by atoms with Crippen LogP contribution in [0.3, 0.4) is 0 Å². The molecular weight excluding hydrogens is 315 g/mol. The van der Waals surface area contributed by atoms with Gasteiger partial charge < -0.3 is 10.4 Å². The van der Waals surface area contributed by atoms with E-state index in [4.69, 9.17) is 5.11 Å². The van der Waals surface area contributed by atoms with Gasteiger partial charge in [-0.1, -0.05) is 22.5 Å². The predicted octanol–water partition coefficient (Wildman–Crippen LogP) is 3.72. The van der Waals surface area contributed by atoms with Gasteiger partial charge >= 0.3 is 12.1 Å². The van der Waals surface area contributed by atoms with Gasteiger partial charge in [-0.15, -0.1) is 0 Å². The molecule has 1 aromatic rings. The van der Waals surface area contributed by atoms with Gasteiger partial charge in [0.15, 0.2) is 0 Å². The van der Waals surface area contributed by atoms with Crippen LogP contribution in [0.4, 0.5) is 18.9 Å². The van der Waals surface area contributed by atoms with Crippen LogP contribution in [0.5, 0.6) is 0 Å². The maximum Gasteiger partial charge on any atom is 0.417 e. The van der Waals surface area contributed by atoms with Crippen LogP contribution >= 0.6 is 15.9 Å². The summed E-state index contributed by atoms with van der Waals surface area (Å²) < 4.78 is 38.6. The summed E-state index contributed by atoms with van der Waals surface area (Å²) in [5.74, 6) is -1.61. The summed E-state index contributed by atoms with van der Waals surface area (Å²) in [6.45, 7) is 3.76. The van der Waals surface area contributed by atoms with E-state index in [9.17, 15) is 18.0 Å². The van der Waals surface area contributed by atoms with Crippen LogP contribution in [0.25, 0.3) is 0 Å². The van der Waals surface area contributed by atoms with Gasteiger partial charge in [-0.05, 0) is 18.2 Å². The van der Waals surface area contributed by atoms with Crippen LogP contribution < -0.4 is 5.32 Å². The zero-order valence-corrected chi connectivity index (χ0v) is 10.6. The fourth-order valence-corrected chi connectivity index (χ4v) is 1.41. The molecule has 1 aromatic carbocycles. The molecule has 0 spiro atoms. The number of carboxylic acid groups (broad SMARTS) is 1. The number of carboxylic acids is 1. The van der Waals surface area contributed by atoms with E-state index < -0.39 is 23.3 Å². The second-order valence-electron chi connectivity index (χ2n) is 3.43. The fraction of sp³-hybridized carbons (Fsp3) is 0.182. The summed E-state index contributed by atoms with van der Waals surface area (Å²) in [7, 11) is 0.